The quantitative estimate of drug-likeness (QED) is 0.869. The molecule has 0 unspecified atom stereocenters. The summed E-state index contributed by atoms with van der Waals surface area (Å²) in [5.74, 6) is 0.0948. The molecule has 0 atom stereocenters. The highest BCUT2D eigenvalue weighted by Gasteiger charge is 2.15. The van der Waals surface area contributed by atoms with Gasteiger partial charge in [-0.2, -0.15) is 0 Å². The molecule has 0 saturated heterocycles. The van der Waals surface area contributed by atoms with Crippen molar-refractivity contribution in [2.75, 3.05) is 12.3 Å². The molecule has 2 aromatic rings. The van der Waals surface area contributed by atoms with Crippen molar-refractivity contribution >= 4 is 22.9 Å². The Morgan fingerprint density at radius 2 is 1.89 bits per heavy atom. The number of thiophene rings is 1. The summed E-state index contributed by atoms with van der Waals surface area (Å²) in [6.07, 6.45) is 0. The monoisotopic (exact) mass is 274 g/mol. The first-order valence-electron chi connectivity index (χ1n) is 6.30. The van der Waals surface area contributed by atoms with Crippen LogP contribution in [0.4, 0.5) is 5.69 Å². The number of hydrogen-bond donors (Lipinski definition) is 1. The lowest BCUT2D eigenvalue weighted by atomic mass is 10.2. The van der Waals surface area contributed by atoms with Gasteiger partial charge in [-0.3, -0.25) is 4.79 Å². The van der Waals surface area contributed by atoms with E-state index in [4.69, 9.17) is 5.73 Å². The third-order valence-electron chi connectivity index (χ3n) is 2.97. The van der Waals surface area contributed by atoms with E-state index in [1.54, 1.807) is 11.3 Å². The molecular weight excluding hydrogens is 256 g/mol. The zero-order valence-electron chi connectivity index (χ0n) is 11.2. The van der Waals surface area contributed by atoms with Gasteiger partial charge in [-0.05, 0) is 43.7 Å². The number of aryl methyl sites for hydroxylation is 1. The Hall–Kier alpha value is -1.81. The van der Waals surface area contributed by atoms with Crippen LogP contribution in [0, 0.1) is 6.92 Å². The number of nitrogen functional groups attached to an aromatic ring is 1. The first-order chi connectivity index (χ1) is 9.10. The molecule has 3 nitrogen and oxygen atoms in total. The Morgan fingerprint density at radius 1 is 1.21 bits per heavy atom. The summed E-state index contributed by atoms with van der Waals surface area (Å²) in [7, 11) is 0. The second-order valence-corrected chi connectivity index (χ2v) is 5.76. The second kappa shape index (κ2) is 5.89. The van der Waals surface area contributed by atoms with E-state index in [-0.39, 0.29) is 5.91 Å². The van der Waals surface area contributed by atoms with Gasteiger partial charge in [0.15, 0.2) is 0 Å². The first-order valence-corrected chi connectivity index (χ1v) is 7.12. The Bertz CT molecular complexity index is 560. The van der Waals surface area contributed by atoms with Gasteiger partial charge in [0.05, 0.1) is 4.88 Å². The van der Waals surface area contributed by atoms with Crippen LogP contribution in [0.1, 0.15) is 27.0 Å². The maximum Gasteiger partial charge on any atom is 0.264 e. The smallest absolute Gasteiger partial charge is 0.264 e. The second-order valence-electron chi connectivity index (χ2n) is 4.47. The highest BCUT2D eigenvalue weighted by atomic mass is 32.1. The molecular formula is C15H18N2OS. The summed E-state index contributed by atoms with van der Waals surface area (Å²) in [4.78, 5) is 16.2. The van der Waals surface area contributed by atoms with Crippen molar-refractivity contribution in [3.63, 3.8) is 0 Å². The van der Waals surface area contributed by atoms with E-state index in [1.807, 2.05) is 55.1 Å². The molecule has 2 rings (SSSR count). The molecule has 1 amide bonds. The van der Waals surface area contributed by atoms with E-state index in [0.717, 1.165) is 21.0 Å². The van der Waals surface area contributed by atoms with Crippen molar-refractivity contribution in [2.24, 2.45) is 0 Å². The van der Waals surface area contributed by atoms with Crippen molar-refractivity contribution in [3.05, 3.63) is 51.7 Å². The molecule has 1 aromatic heterocycles. The van der Waals surface area contributed by atoms with Crippen LogP contribution in [0.25, 0.3) is 0 Å². The van der Waals surface area contributed by atoms with Gasteiger partial charge in [-0.15, -0.1) is 11.3 Å². The van der Waals surface area contributed by atoms with Gasteiger partial charge in [0.2, 0.25) is 0 Å². The summed E-state index contributed by atoms with van der Waals surface area (Å²) < 4.78 is 0. The van der Waals surface area contributed by atoms with Gasteiger partial charge < -0.3 is 10.6 Å². The van der Waals surface area contributed by atoms with Crippen molar-refractivity contribution < 1.29 is 4.79 Å². The fourth-order valence-corrected chi connectivity index (χ4v) is 2.71. The average Bonchev–Trinajstić information content (AvgIpc) is 2.84. The summed E-state index contributed by atoms with van der Waals surface area (Å²) in [6, 6.07) is 11.5. The predicted octanol–water partition coefficient (Wildman–Crippen LogP) is 3.30. The number of benzene rings is 1. The Balaban J connectivity index is 2.11. The lowest BCUT2D eigenvalue weighted by Gasteiger charge is -2.20. The fourth-order valence-electron chi connectivity index (χ4n) is 1.88. The van der Waals surface area contributed by atoms with E-state index in [0.29, 0.717) is 13.1 Å². The maximum absolute atomic E-state index is 12.4. The number of carbonyl (C=O) groups excluding carboxylic acids is 1. The van der Waals surface area contributed by atoms with E-state index >= 15 is 0 Å². The van der Waals surface area contributed by atoms with Gasteiger partial charge in [0.1, 0.15) is 0 Å². The van der Waals surface area contributed by atoms with Crippen molar-refractivity contribution in [2.45, 2.75) is 20.4 Å². The van der Waals surface area contributed by atoms with Crippen LogP contribution in [-0.4, -0.2) is 17.4 Å². The van der Waals surface area contributed by atoms with Crippen LogP contribution in [0.3, 0.4) is 0 Å². The van der Waals surface area contributed by atoms with Crippen LogP contribution in [0.2, 0.25) is 0 Å². The zero-order chi connectivity index (χ0) is 13.8. The van der Waals surface area contributed by atoms with E-state index < -0.39 is 0 Å². The van der Waals surface area contributed by atoms with Gasteiger partial charge in [0, 0.05) is 23.7 Å². The molecule has 0 aliphatic carbocycles. The molecule has 4 heteroatoms. The topological polar surface area (TPSA) is 46.3 Å². The largest absolute Gasteiger partial charge is 0.399 e. The van der Waals surface area contributed by atoms with E-state index in [2.05, 4.69) is 0 Å². The summed E-state index contributed by atoms with van der Waals surface area (Å²) in [5, 5.41) is 0. The lowest BCUT2D eigenvalue weighted by molar-refractivity contribution is 0.0757. The van der Waals surface area contributed by atoms with Crippen molar-refractivity contribution in [1.29, 1.82) is 0 Å². The SMILES string of the molecule is CCN(Cc1ccc(N)cc1)C(=O)c1ccc(C)s1. The predicted molar refractivity (Wildman–Crippen MR) is 80.3 cm³/mol. The zero-order valence-corrected chi connectivity index (χ0v) is 12.0. The normalized spacial score (nSPS) is 10.4. The summed E-state index contributed by atoms with van der Waals surface area (Å²) in [5.41, 5.74) is 7.50. The molecule has 0 aliphatic heterocycles. The fraction of sp³-hybridized carbons (Fsp3) is 0.267. The lowest BCUT2D eigenvalue weighted by Crippen LogP contribution is -2.29. The molecule has 2 N–H and O–H groups in total. The van der Waals surface area contributed by atoms with Crippen LogP contribution in [-0.2, 0) is 6.54 Å². The van der Waals surface area contributed by atoms with Crippen LogP contribution in [0.15, 0.2) is 36.4 Å². The van der Waals surface area contributed by atoms with Gasteiger partial charge >= 0.3 is 0 Å². The molecule has 0 fully saturated rings. The van der Waals surface area contributed by atoms with Gasteiger partial charge in [-0.25, -0.2) is 0 Å². The number of rotatable bonds is 4. The standard InChI is InChI=1S/C15H18N2OS/c1-3-17(10-12-5-7-13(16)8-6-12)15(18)14-9-4-11(2)19-14/h4-9H,3,10,16H2,1-2H3. The first kappa shape index (κ1) is 13.6. The Labute approximate surface area is 117 Å². The number of anilines is 1. The van der Waals surface area contributed by atoms with Gasteiger partial charge in [0.25, 0.3) is 5.91 Å². The molecule has 1 aromatic carbocycles. The minimum absolute atomic E-state index is 0.0948. The minimum Gasteiger partial charge on any atom is -0.399 e. The molecule has 0 bridgehead atoms. The summed E-state index contributed by atoms with van der Waals surface area (Å²) >= 11 is 1.54. The number of nitrogens with zero attached hydrogens (tertiary/aromatic N) is 1. The number of nitrogens with two attached hydrogens (primary N) is 1. The van der Waals surface area contributed by atoms with Crippen LogP contribution < -0.4 is 5.73 Å². The molecule has 100 valence electrons. The maximum atomic E-state index is 12.4. The van der Waals surface area contributed by atoms with E-state index in [9.17, 15) is 4.79 Å². The molecule has 0 radical (unpaired) electrons. The Kier molecular flexibility index (Phi) is 4.22. The molecule has 0 aliphatic rings. The van der Waals surface area contributed by atoms with Gasteiger partial charge in [-0.1, -0.05) is 12.1 Å². The third kappa shape index (κ3) is 3.35. The van der Waals surface area contributed by atoms with Crippen LogP contribution in [0.5, 0.6) is 0 Å². The number of hydrogen-bond acceptors (Lipinski definition) is 3. The molecule has 19 heavy (non-hydrogen) atoms. The number of carbonyl (C=O) groups is 1. The van der Waals surface area contributed by atoms with Crippen molar-refractivity contribution in [1.82, 2.24) is 4.90 Å². The van der Waals surface area contributed by atoms with Crippen molar-refractivity contribution in [3.8, 4) is 0 Å². The highest BCUT2D eigenvalue weighted by Crippen LogP contribution is 2.18. The molecule has 0 saturated carbocycles. The average molecular weight is 274 g/mol. The Morgan fingerprint density at radius 3 is 2.42 bits per heavy atom. The minimum atomic E-state index is 0.0948. The summed E-state index contributed by atoms with van der Waals surface area (Å²) in [6.45, 7) is 5.32. The third-order valence-corrected chi connectivity index (χ3v) is 3.96. The molecule has 0 spiro atoms. The van der Waals surface area contributed by atoms with E-state index in [1.165, 1.54) is 0 Å². The highest BCUT2D eigenvalue weighted by molar-refractivity contribution is 7.13. The molecule has 1 heterocycles. The van der Waals surface area contributed by atoms with Crippen LogP contribution >= 0.6 is 11.3 Å². The number of amides is 1.